The summed E-state index contributed by atoms with van der Waals surface area (Å²) >= 11 is 4.14. The number of hydrogen-bond acceptors (Lipinski definition) is 5. The maximum Gasteiger partial charge on any atom is 0.339 e. The summed E-state index contributed by atoms with van der Waals surface area (Å²) < 4.78 is 9.71. The van der Waals surface area contributed by atoms with Crippen LogP contribution in [0.25, 0.3) is 0 Å². The summed E-state index contributed by atoms with van der Waals surface area (Å²) in [7, 11) is 0. The van der Waals surface area contributed by atoms with Gasteiger partial charge in [0.2, 0.25) is 0 Å². The molecule has 0 saturated heterocycles. The molecule has 0 aliphatic rings. The number of benzene rings is 1. The minimum absolute atomic E-state index is 0.265. The Hall–Kier alpha value is -1.49. The van der Waals surface area contributed by atoms with Crippen LogP contribution >= 0.6 is 12.6 Å². The van der Waals surface area contributed by atoms with Gasteiger partial charge in [-0.1, -0.05) is 0 Å². The van der Waals surface area contributed by atoms with Crippen LogP contribution in [0, 0.1) is 0 Å². The van der Waals surface area contributed by atoms with Gasteiger partial charge in [-0.05, 0) is 32.0 Å². The molecule has 0 unspecified atom stereocenters. The summed E-state index contributed by atoms with van der Waals surface area (Å²) in [5, 5.41) is 0. The van der Waals surface area contributed by atoms with Crippen LogP contribution in [0.15, 0.2) is 23.1 Å². The van der Waals surface area contributed by atoms with Gasteiger partial charge in [0, 0.05) is 4.90 Å². The third-order valence-corrected chi connectivity index (χ3v) is 2.39. The van der Waals surface area contributed by atoms with Crippen molar-refractivity contribution >= 4 is 24.6 Å². The molecule has 0 aromatic heterocycles. The van der Waals surface area contributed by atoms with Crippen molar-refractivity contribution in [2.24, 2.45) is 0 Å². The predicted octanol–water partition coefficient (Wildman–Crippen LogP) is 2.33. The second-order valence-electron chi connectivity index (χ2n) is 3.17. The van der Waals surface area contributed by atoms with E-state index in [1.807, 2.05) is 0 Å². The molecule has 17 heavy (non-hydrogen) atoms. The lowest BCUT2D eigenvalue weighted by atomic mass is 10.1. The van der Waals surface area contributed by atoms with Crippen LogP contribution in [-0.2, 0) is 9.47 Å². The molecule has 0 radical (unpaired) electrons. The normalized spacial score (nSPS) is 9.82. The molecule has 0 bridgehead atoms. The highest BCUT2D eigenvalue weighted by Crippen LogP contribution is 2.17. The highest BCUT2D eigenvalue weighted by atomic mass is 32.1. The summed E-state index contributed by atoms with van der Waals surface area (Å²) in [6, 6.07) is 4.56. The Labute approximate surface area is 105 Å². The largest absolute Gasteiger partial charge is 0.462 e. The van der Waals surface area contributed by atoms with Crippen molar-refractivity contribution in [1.82, 2.24) is 0 Å². The maximum absolute atomic E-state index is 11.6. The zero-order valence-electron chi connectivity index (χ0n) is 9.73. The fraction of sp³-hybridized carbons (Fsp3) is 0.333. The molecule has 0 saturated carbocycles. The van der Waals surface area contributed by atoms with Gasteiger partial charge in [0.25, 0.3) is 0 Å². The highest BCUT2D eigenvalue weighted by Gasteiger charge is 2.14. The van der Waals surface area contributed by atoms with Gasteiger partial charge in [-0.2, -0.15) is 0 Å². The van der Waals surface area contributed by atoms with E-state index >= 15 is 0 Å². The van der Waals surface area contributed by atoms with Gasteiger partial charge in [0.05, 0.1) is 24.3 Å². The standard InChI is InChI=1S/C12H14O4S/c1-3-15-11(13)8-5-6-10(17)9(7-8)12(14)16-4-2/h5-7,17H,3-4H2,1-2H3. The molecular formula is C12H14O4S. The molecule has 4 nitrogen and oxygen atoms in total. The van der Waals surface area contributed by atoms with E-state index in [0.29, 0.717) is 10.5 Å². The number of rotatable bonds is 4. The SMILES string of the molecule is CCOC(=O)c1ccc(S)c(C(=O)OCC)c1. The Morgan fingerprint density at radius 3 is 2.29 bits per heavy atom. The van der Waals surface area contributed by atoms with E-state index in [1.54, 1.807) is 26.0 Å². The van der Waals surface area contributed by atoms with Crippen molar-refractivity contribution < 1.29 is 19.1 Å². The van der Waals surface area contributed by atoms with Crippen LogP contribution in [0.4, 0.5) is 0 Å². The van der Waals surface area contributed by atoms with E-state index in [2.05, 4.69) is 12.6 Å². The van der Waals surface area contributed by atoms with E-state index in [1.165, 1.54) is 6.07 Å². The Balaban J connectivity index is 3.02. The van der Waals surface area contributed by atoms with Gasteiger partial charge in [-0.25, -0.2) is 9.59 Å². The molecule has 1 rings (SSSR count). The predicted molar refractivity (Wildman–Crippen MR) is 65.6 cm³/mol. The lowest BCUT2D eigenvalue weighted by molar-refractivity contribution is 0.0522. The van der Waals surface area contributed by atoms with Crippen LogP contribution in [0.1, 0.15) is 34.6 Å². The van der Waals surface area contributed by atoms with Crippen LogP contribution in [-0.4, -0.2) is 25.2 Å². The first-order valence-electron chi connectivity index (χ1n) is 5.27. The van der Waals surface area contributed by atoms with E-state index < -0.39 is 11.9 Å². The number of esters is 2. The lowest BCUT2D eigenvalue weighted by Crippen LogP contribution is -2.09. The summed E-state index contributed by atoms with van der Waals surface area (Å²) in [6.07, 6.45) is 0. The monoisotopic (exact) mass is 254 g/mol. The number of thiol groups is 1. The molecule has 0 fully saturated rings. The van der Waals surface area contributed by atoms with Crippen molar-refractivity contribution in [3.63, 3.8) is 0 Å². The molecule has 0 amide bonds. The van der Waals surface area contributed by atoms with Gasteiger partial charge in [0.15, 0.2) is 0 Å². The van der Waals surface area contributed by atoms with Crippen molar-refractivity contribution in [2.75, 3.05) is 13.2 Å². The van der Waals surface area contributed by atoms with E-state index in [0.717, 1.165) is 0 Å². The number of carbonyl (C=O) groups is 2. The molecule has 0 spiro atoms. The molecule has 0 heterocycles. The molecule has 1 aromatic rings. The minimum Gasteiger partial charge on any atom is -0.462 e. The molecule has 0 aliphatic carbocycles. The molecule has 0 N–H and O–H groups in total. The molecular weight excluding hydrogens is 240 g/mol. The topological polar surface area (TPSA) is 52.6 Å². The first-order chi connectivity index (χ1) is 8.10. The van der Waals surface area contributed by atoms with E-state index in [9.17, 15) is 9.59 Å². The Kier molecular flexibility index (Phi) is 5.03. The smallest absolute Gasteiger partial charge is 0.339 e. The van der Waals surface area contributed by atoms with Gasteiger partial charge in [0.1, 0.15) is 0 Å². The molecule has 0 atom stereocenters. The second kappa shape index (κ2) is 6.30. The Morgan fingerprint density at radius 1 is 1.12 bits per heavy atom. The fourth-order valence-electron chi connectivity index (χ4n) is 1.25. The molecule has 92 valence electrons. The third-order valence-electron chi connectivity index (χ3n) is 2.00. The van der Waals surface area contributed by atoms with Gasteiger partial charge >= 0.3 is 11.9 Å². The van der Waals surface area contributed by atoms with Crippen LogP contribution in [0.2, 0.25) is 0 Å². The van der Waals surface area contributed by atoms with Crippen molar-refractivity contribution in [3.05, 3.63) is 29.3 Å². The summed E-state index contributed by atoms with van der Waals surface area (Å²) in [6.45, 7) is 3.99. The molecule has 1 aromatic carbocycles. The average molecular weight is 254 g/mol. The minimum atomic E-state index is -0.497. The zero-order valence-corrected chi connectivity index (χ0v) is 10.6. The Bertz CT molecular complexity index is 429. The molecule has 5 heteroatoms. The van der Waals surface area contributed by atoms with Crippen LogP contribution < -0.4 is 0 Å². The highest BCUT2D eigenvalue weighted by molar-refractivity contribution is 7.80. The average Bonchev–Trinajstić information content (AvgIpc) is 2.30. The number of ether oxygens (including phenoxy) is 2. The quantitative estimate of drug-likeness (QED) is 0.662. The van der Waals surface area contributed by atoms with Crippen molar-refractivity contribution in [3.8, 4) is 0 Å². The van der Waals surface area contributed by atoms with Gasteiger partial charge < -0.3 is 9.47 Å². The number of hydrogen-bond donors (Lipinski definition) is 1. The third kappa shape index (κ3) is 3.49. The van der Waals surface area contributed by atoms with Crippen LogP contribution in [0.3, 0.4) is 0 Å². The van der Waals surface area contributed by atoms with E-state index in [-0.39, 0.29) is 18.8 Å². The van der Waals surface area contributed by atoms with Gasteiger partial charge in [-0.15, -0.1) is 12.6 Å². The first-order valence-corrected chi connectivity index (χ1v) is 5.72. The second-order valence-corrected chi connectivity index (χ2v) is 3.65. The van der Waals surface area contributed by atoms with Gasteiger partial charge in [-0.3, -0.25) is 0 Å². The maximum atomic E-state index is 11.6. The van der Waals surface area contributed by atoms with Crippen molar-refractivity contribution in [1.29, 1.82) is 0 Å². The lowest BCUT2D eigenvalue weighted by Gasteiger charge is -2.07. The molecule has 0 aliphatic heterocycles. The summed E-state index contributed by atoms with van der Waals surface area (Å²) in [5.41, 5.74) is 0.577. The Morgan fingerprint density at radius 2 is 1.71 bits per heavy atom. The summed E-state index contributed by atoms with van der Waals surface area (Å²) in [5.74, 6) is -0.963. The van der Waals surface area contributed by atoms with E-state index in [4.69, 9.17) is 9.47 Å². The number of carbonyl (C=O) groups excluding carboxylic acids is 2. The van der Waals surface area contributed by atoms with Crippen LogP contribution in [0.5, 0.6) is 0 Å². The summed E-state index contributed by atoms with van der Waals surface area (Å²) in [4.78, 5) is 23.5. The zero-order chi connectivity index (χ0) is 12.8. The van der Waals surface area contributed by atoms with Crippen molar-refractivity contribution in [2.45, 2.75) is 18.7 Å². The fourth-order valence-corrected chi connectivity index (χ4v) is 1.48. The first kappa shape index (κ1) is 13.6.